The van der Waals surface area contributed by atoms with Crippen LogP contribution in [0.1, 0.15) is 60.7 Å². The Bertz CT molecular complexity index is 610. The molecule has 4 bridgehead atoms. The number of thiophene rings is 1. The molecule has 1 aromatic heterocycles. The maximum absolute atomic E-state index is 13.1. The van der Waals surface area contributed by atoms with Crippen LogP contribution in [0.4, 0.5) is 0 Å². The highest BCUT2D eigenvalue weighted by atomic mass is 32.1. The van der Waals surface area contributed by atoms with Gasteiger partial charge in [-0.2, -0.15) is 0 Å². The lowest BCUT2D eigenvalue weighted by atomic mass is 9.48. The second-order valence-electron chi connectivity index (χ2n) is 8.04. The smallest absolute Gasteiger partial charge is 0.349 e. The molecule has 5 rings (SSSR count). The fraction of sp³-hybridized carbons (Fsp3) is 0.684. The van der Waals surface area contributed by atoms with Crippen molar-refractivity contribution in [2.24, 2.45) is 23.2 Å². The van der Waals surface area contributed by atoms with Gasteiger partial charge in [0.25, 0.3) is 0 Å². The molecule has 0 spiro atoms. The van der Waals surface area contributed by atoms with Crippen LogP contribution in [0.25, 0.3) is 0 Å². The molecular weight excluding hydrogens is 308 g/mol. The Balaban J connectivity index is 1.48. The molecule has 1 heterocycles. The van der Waals surface area contributed by atoms with Gasteiger partial charge in [0.1, 0.15) is 4.88 Å². The maximum Gasteiger partial charge on any atom is 0.349 e. The second kappa shape index (κ2) is 5.44. The molecule has 0 amide bonds. The number of ether oxygens (including phenoxy) is 1. The molecule has 0 N–H and O–H groups in total. The molecule has 23 heavy (non-hydrogen) atoms. The van der Waals surface area contributed by atoms with Gasteiger partial charge in [-0.25, -0.2) is 4.79 Å². The van der Waals surface area contributed by atoms with E-state index in [0.717, 1.165) is 42.6 Å². The van der Waals surface area contributed by atoms with E-state index in [2.05, 4.69) is 0 Å². The van der Waals surface area contributed by atoms with Crippen LogP contribution in [-0.4, -0.2) is 17.9 Å². The van der Waals surface area contributed by atoms with Crippen molar-refractivity contribution in [3.8, 4) is 0 Å². The van der Waals surface area contributed by atoms with Crippen LogP contribution < -0.4 is 0 Å². The highest BCUT2D eigenvalue weighted by Crippen LogP contribution is 2.60. The molecule has 0 aliphatic heterocycles. The van der Waals surface area contributed by atoms with Gasteiger partial charge in [0.05, 0.1) is 0 Å². The number of hydrogen-bond acceptors (Lipinski definition) is 4. The van der Waals surface area contributed by atoms with Gasteiger partial charge in [0.15, 0.2) is 11.9 Å². The predicted octanol–water partition coefficient (Wildman–Crippen LogP) is 4.39. The van der Waals surface area contributed by atoms with Crippen molar-refractivity contribution in [3.63, 3.8) is 0 Å². The number of carbonyl (C=O) groups is 2. The Hall–Kier alpha value is -1.16. The standard InChI is InChI=1S/C19H24O3S/c1-11-3-4-23-16(11)18(21)22-12(2)17(20)19-8-13-5-14(9-19)7-15(6-13)10-19/h3-4,12-15H,5-10H2,1-2H3. The third-order valence-corrected chi connectivity index (χ3v) is 7.26. The third-order valence-electron chi connectivity index (χ3n) is 6.26. The Morgan fingerprint density at radius 2 is 1.74 bits per heavy atom. The van der Waals surface area contributed by atoms with Crippen molar-refractivity contribution >= 4 is 23.1 Å². The highest BCUT2D eigenvalue weighted by molar-refractivity contribution is 7.12. The quantitative estimate of drug-likeness (QED) is 0.768. The first kappa shape index (κ1) is 15.4. The molecule has 1 unspecified atom stereocenters. The molecule has 1 aromatic rings. The van der Waals surface area contributed by atoms with Gasteiger partial charge in [-0.15, -0.1) is 11.3 Å². The van der Waals surface area contributed by atoms with Crippen LogP contribution in [0.5, 0.6) is 0 Å². The first-order valence-electron chi connectivity index (χ1n) is 8.76. The lowest BCUT2D eigenvalue weighted by molar-refractivity contribution is -0.152. The molecule has 4 aliphatic rings. The van der Waals surface area contributed by atoms with Crippen LogP contribution in [0.15, 0.2) is 11.4 Å². The summed E-state index contributed by atoms with van der Waals surface area (Å²) in [6.45, 7) is 3.67. The average molecular weight is 332 g/mol. The summed E-state index contributed by atoms with van der Waals surface area (Å²) >= 11 is 1.38. The van der Waals surface area contributed by atoms with E-state index < -0.39 is 6.10 Å². The first-order valence-corrected chi connectivity index (χ1v) is 9.64. The molecule has 0 saturated heterocycles. The highest BCUT2D eigenvalue weighted by Gasteiger charge is 2.55. The third kappa shape index (κ3) is 2.55. The number of Topliss-reactive ketones (excluding diaryl/α,β-unsaturated/α-hetero) is 1. The molecule has 124 valence electrons. The van der Waals surface area contributed by atoms with Gasteiger partial charge in [-0.1, -0.05) is 0 Å². The monoisotopic (exact) mass is 332 g/mol. The van der Waals surface area contributed by atoms with Crippen LogP contribution in [0, 0.1) is 30.1 Å². The summed E-state index contributed by atoms with van der Waals surface area (Å²) in [4.78, 5) is 26.0. The van der Waals surface area contributed by atoms with E-state index in [4.69, 9.17) is 4.74 Å². The maximum atomic E-state index is 13.1. The zero-order valence-corrected chi connectivity index (χ0v) is 14.7. The number of aryl methyl sites for hydroxylation is 1. The Labute approximate surface area is 141 Å². The van der Waals surface area contributed by atoms with E-state index in [1.807, 2.05) is 18.4 Å². The summed E-state index contributed by atoms with van der Waals surface area (Å²) in [5, 5.41) is 1.89. The molecule has 1 atom stereocenters. The summed E-state index contributed by atoms with van der Waals surface area (Å²) in [6, 6.07) is 1.91. The van der Waals surface area contributed by atoms with E-state index >= 15 is 0 Å². The molecule has 4 heteroatoms. The number of carbonyl (C=O) groups excluding carboxylic acids is 2. The minimum atomic E-state index is -0.625. The number of ketones is 1. The SMILES string of the molecule is Cc1ccsc1C(=O)OC(C)C(=O)C12CC3CC(CC(C3)C1)C2. The van der Waals surface area contributed by atoms with E-state index in [-0.39, 0.29) is 17.2 Å². The van der Waals surface area contributed by atoms with E-state index in [1.165, 1.54) is 30.6 Å². The fourth-order valence-electron chi connectivity index (χ4n) is 5.69. The summed E-state index contributed by atoms with van der Waals surface area (Å²) in [6.07, 6.45) is 6.40. The van der Waals surface area contributed by atoms with Crippen LogP contribution in [0.2, 0.25) is 0 Å². The normalized spacial score (nSPS) is 36.0. The lowest BCUT2D eigenvalue weighted by Gasteiger charge is -2.56. The average Bonchev–Trinajstić information content (AvgIpc) is 2.91. The predicted molar refractivity (Wildman–Crippen MR) is 89.5 cm³/mol. The molecule has 4 fully saturated rings. The zero-order chi connectivity index (χ0) is 16.2. The first-order chi connectivity index (χ1) is 11.0. The number of rotatable bonds is 4. The number of esters is 1. The van der Waals surface area contributed by atoms with Crippen molar-refractivity contribution in [3.05, 3.63) is 21.9 Å². The summed E-state index contributed by atoms with van der Waals surface area (Å²) in [7, 11) is 0. The summed E-state index contributed by atoms with van der Waals surface area (Å²) in [5.41, 5.74) is 0.730. The molecular formula is C19H24O3S. The molecule has 0 aromatic carbocycles. The number of hydrogen-bond donors (Lipinski definition) is 0. The zero-order valence-electron chi connectivity index (χ0n) is 13.8. The second-order valence-corrected chi connectivity index (χ2v) is 8.96. The van der Waals surface area contributed by atoms with Gasteiger partial charge in [0, 0.05) is 5.41 Å². The fourth-order valence-corrected chi connectivity index (χ4v) is 6.50. The van der Waals surface area contributed by atoms with E-state index in [1.54, 1.807) is 6.92 Å². The van der Waals surface area contributed by atoms with Gasteiger partial charge in [-0.05, 0) is 87.1 Å². The molecule has 0 radical (unpaired) electrons. The summed E-state index contributed by atoms with van der Waals surface area (Å²) in [5.74, 6) is 2.02. The van der Waals surface area contributed by atoms with Crippen molar-refractivity contribution in [1.82, 2.24) is 0 Å². The Morgan fingerprint density at radius 3 is 2.22 bits per heavy atom. The summed E-state index contributed by atoms with van der Waals surface area (Å²) < 4.78 is 5.55. The van der Waals surface area contributed by atoms with E-state index in [0.29, 0.717) is 4.88 Å². The van der Waals surface area contributed by atoms with Gasteiger partial charge in [-0.3, -0.25) is 4.79 Å². The van der Waals surface area contributed by atoms with Crippen LogP contribution >= 0.6 is 11.3 Å². The van der Waals surface area contributed by atoms with Crippen molar-refractivity contribution < 1.29 is 14.3 Å². The molecule has 4 saturated carbocycles. The minimum Gasteiger partial charge on any atom is -0.450 e. The Kier molecular flexibility index (Phi) is 3.63. The lowest BCUT2D eigenvalue weighted by Crippen LogP contribution is -2.52. The topological polar surface area (TPSA) is 43.4 Å². The van der Waals surface area contributed by atoms with Gasteiger partial charge < -0.3 is 4.74 Å². The minimum absolute atomic E-state index is 0.180. The molecule has 3 nitrogen and oxygen atoms in total. The largest absolute Gasteiger partial charge is 0.450 e. The van der Waals surface area contributed by atoms with Crippen molar-refractivity contribution in [2.75, 3.05) is 0 Å². The van der Waals surface area contributed by atoms with Gasteiger partial charge >= 0.3 is 5.97 Å². The van der Waals surface area contributed by atoms with Crippen LogP contribution in [0.3, 0.4) is 0 Å². The van der Waals surface area contributed by atoms with E-state index in [9.17, 15) is 9.59 Å². The molecule has 4 aliphatic carbocycles. The van der Waals surface area contributed by atoms with Crippen molar-refractivity contribution in [2.45, 2.75) is 58.5 Å². The Morgan fingerprint density at radius 1 is 1.17 bits per heavy atom. The van der Waals surface area contributed by atoms with Crippen molar-refractivity contribution in [1.29, 1.82) is 0 Å². The van der Waals surface area contributed by atoms with Crippen LogP contribution in [-0.2, 0) is 9.53 Å². The van der Waals surface area contributed by atoms with Gasteiger partial charge in [0.2, 0.25) is 0 Å².